The van der Waals surface area contributed by atoms with Crippen LogP contribution in [0.15, 0.2) is 17.1 Å². The molecule has 0 spiro atoms. The predicted molar refractivity (Wildman–Crippen MR) is 87.6 cm³/mol. The van der Waals surface area contributed by atoms with Crippen molar-refractivity contribution < 1.29 is 4.74 Å². The molecule has 4 nitrogen and oxygen atoms in total. The maximum atomic E-state index is 5.03. The molecular formula is C15H27N3OS. The lowest BCUT2D eigenvalue weighted by Crippen LogP contribution is -2.37. The average molecular weight is 297 g/mol. The van der Waals surface area contributed by atoms with Gasteiger partial charge >= 0.3 is 0 Å². The normalized spacial score (nSPS) is 11.7. The van der Waals surface area contributed by atoms with Crippen LogP contribution in [0.4, 0.5) is 0 Å². The third-order valence-electron chi connectivity index (χ3n) is 3.04. The third-order valence-corrected chi connectivity index (χ3v) is 4.27. The molecule has 0 aromatic carbocycles. The Bertz CT molecular complexity index is 390. The molecule has 1 aromatic heterocycles. The van der Waals surface area contributed by atoms with Gasteiger partial charge in [0.2, 0.25) is 0 Å². The van der Waals surface area contributed by atoms with Gasteiger partial charge in [0.15, 0.2) is 5.96 Å². The zero-order valence-electron chi connectivity index (χ0n) is 12.9. The van der Waals surface area contributed by atoms with Crippen molar-refractivity contribution in [2.45, 2.75) is 39.2 Å². The van der Waals surface area contributed by atoms with Crippen molar-refractivity contribution in [2.24, 2.45) is 4.99 Å². The molecule has 20 heavy (non-hydrogen) atoms. The zero-order chi connectivity index (χ0) is 14.6. The summed E-state index contributed by atoms with van der Waals surface area (Å²) >= 11 is 1.86. The number of unbranched alkanes of at least 4 members (excludes halogenated alkanes) is 2. The number of aliphatic imine (C=N–C) groups is 1. The Labute approximate surface area is 126 Å². The van der Waals surface area contributed by atoms with Crippen LogP contribution in [-0.4, -0.2) is 33.3 Å². The molecule has 1 aromatic rings. The molecule has 5 heteroatoms. The molecule has 114 valence electrons. The quantitative estimate of drug-likeness (QED) is 0.418. The minimum absolute atomic E-state index is 0.841. The maximum Gasteiger partial charge on any atom is 0.191 e. The maximum absolute atomic E-state index is 5.03. The van der Waals surface area contributed by atoms with Crippen molar-refractivity contribution >= 4 is 17.3 Å². The number of guanidine groups is 1. The lowest BCUT2D eigenvalue weighted by Gasteiger charge is -2.11. The number of aryl methyl sites for hydroxylation is 1. The molecule has 1 heterocycles. The van der Waals surface area contributed by atoms with Crippen LogP contribution in [0.1, 0.15) is 35.9 Å². The van der Waals surface area contributed by atoms with E-state index >= 15 is 0 Å². The van der Waals surface area contributed by atoms with Crippen molar-refractivity contribution in [3.63, 3.8) is 0 Å². The van der Waals surface area contributed by atoms with Gasteiger partial charge in [-0.2, -0.15) is 0 Å². The van der Waals surface area contributed by atoms with Gasteiger partial charge in [0.1, 0.15) is 0 Å². The minimum Gasteiger partial charge on any atom is -0.385 e. The number of hydrogen-bond donors (Lipinski definition) is 2. The monoisotopic (exact) mass is 297 g/mol. The average Bonchev–Trinajstić information content (AvgIpc) is 2.94. The smallest absolute Gasteiger partial charge is 0.191 e. The molecule has 0 aliphatic carbocycles. The van der Waals surface area contributed by atoms with Crippen molar-refractivity contribution in [1.29, 1.82) is 0 Å². The lowest BCUT2D eigenvalue weighted by molar-refractivity contribution is 0.192. The summed E-state index contributed by atoms with van der Waals surface area (Å²) in [5, 5.41) is 6.69. The molecular weight excluding hydrogens is 270 g/mol. The summed E-state index contributed by atoms with van der Waals surface area (Å²) in [4.78, 5) is 7.02. The highest BCUT2D eigenvalue weighted by molar-refractivity contribution is 7.11. The van der Waals surface area contributed by atoms with Gasteiger partial charge in [-0.25, -0.2) is 0 Å². The van der Waals surface area contributed by atoms with E-state index in [4.69, 9.17) is 4.74 Å². The van der Waals surface area contributed by atoms with Gasteiger partial charge in [-0.1, -0.05) is 6.92 Å². The van der Waals surface area contributed by atoms with Crippen molar-refractivity contribution in [1.82, 2.24) is 10.6 Å². The molecule has 0 aliphatic rings. The summed E-state index contributed by atoms with van der Waals surface area (Å²) in [6.07, 6.45) is 4.56. The Morgan fingerprint density at radius 2 is 2.00 bits per heavy atom. The second kappa shape index (κ2) is 10.7. The number of methoxy groups -OCH3 is 1. The van der Waals surface area contributed by atoms with E-state index in [1.165, 1.54) is 16.2 Å². The summed E-state index contributed by atoms with van der Waals surface area (Å²) in [5.74, 6) is 0.878. The first-order valence-corrected chi connectivity index (χ1v) is 8.12. The van der Waals surface area contributed by atoms with Gasteiger partial charge in [-0.15, -0.1) is 11.3 Å². The van der Waals surface area contributed by atoms with Gasteiger partial charge in [-0.05, 0) is 37.8 Å². The topological polar surface area (TPSA) is 45.7 Å². The summed E-state index contributed by atoms with van der Waals surface area (Å²) in [6, 6.07) is 4.39. The molecule has 0 bridgehead atoms. The van der Waals surface area contributed by atoms with E-state index in [-0.39, 0.29) is 0 Å². The fourth-order valence-corrected chi connectivity index (χ4v) is 2.75. The van der Waals surface area contributed by atoms with Crippen LogP contribution in [0.2, 0.25) is 0 Å². The van der Waals surface area contributed by atoms with E-state index in [1.807, 2.05) is 18.4 Å². The summed E-state index contributed by atoms with van der Waals surface area (Å²) in [7, 11) is 3.56. The van der Waals surface area contributed by atoms with Crippen LogP contribution >= 0.6 is 11.3 Å². The molecule has 0 aliphatic heterocycles. The van der Waals surface area contributed by atoms with Crippen LogP contribution in [0.5, 0.6) is 0 Å². The van der Waals surface area contributed by atoms with E-state index < -0.39 is 0 Å². The van der Waals surface area contributed by atoms with Gasteiger partial charge in [0.05, 0.1) is 6.54 Å². The first-order valence-electron chi connectivity index (χ1n) is 7.31. The molecule has 0 amide bonds. The van der Waals surface area contributed by atoms with Gasteiger partial charge in [0, 0.05) is 37.1 Å². The highest BCUT2D eigenvalue weighted by Crippen LogP contribution is 2.16. The Kier molecular flexibility index (Phi) is 9.07. The molecule has 0 unspecified atom stereocenters. The second-order valence-electron chi connectivity index (χ2n) is 4.63. The first-order chi connectivity index (χ1) is 9.80. The van der Waals surface area contributed by atoms with Crippen molar-refractivity contribution in [2.75, 3.05) is 27.3 Å². The number of ether oxygens (including phenoxy) is 1. The van der Waals surface area contributed by atoms with Gasteiger partial charge in [0.25, 0.3) is 0 Å². The third kappa shape index (κ3) is 6.91. The Balaban J connectivity index is 2.16. The summed E-state index contributed by atoms with van der Waals surface area (Å²) < 4.78 is 5.03. The minimum atomic E-state index is 0.841. The van der Waals surface area contributed by atoms with Crippen LogP contribution < -0.4 is 10.6 Å². The fourth-order valence-electron chi connectivity index (χ4n) is 1.85. The highest BCUT2D eigenvalue weighted by atomic mass is 32.1. The lowest BCUT2D eigenvalue weighted by atomic mass is 10.2. The van der Waals surface area contributed by atoms with E-state index in [1.54, 1.807) is 7.11 Å². The predicted octanol–water partition coefficient (Wildman–Crippen LogP) is 2.79. The van der Waals surface area contributed by atoms with Crippen molar-refractivity contribution in [3.8, 4) is 0 Å². The van der Waals surface area contributed by atoms with Crippen LogP contribution in [-0.2, 0) is 17.7 Å². The number of rotatable bonds is 9. The molecule has 1 rings (SSSR count). The molecule has 0 radical (unpaired) electrons. The van der Waals surface area contributed by atoms with Crippen LogP contribution in [0.3, 0.4) is 0 Å². The Morgan fingerprint density at radius 1 is 1.20 bits per heavy atom. The number of nitrogens with zero attached hydrogens (tertiary/aromatic N) is 1. The van der Waals surface area contributed by atoms with E-state index in [0.717, 1.165) is 44.9 Å². The fraction of sp³-hybridized carbons (Fsp3) is 0.667. The van der Waals surface area contributed by atoms with Crippen LogP contribution in [0, 0.1) is 0 Å². The standard InChI is InChI=1S/C15H27N3OS/c1-4-13-8-9-14(20-13)12-18-15(16-2)17-10-6-5-7-11-19-3/h8-9H,4-7,10-12H2,1-3H3,(H2,16,17,18). The first kappa shape index (κ1) is 17.0. The number of hydrogen-bond acceptors (Lipinski definition) is 3. The molecule has 0 fully saturated rings. The van der Waals surface area contributed by atoms with E-state index in [0.29, 0.717) is 0 Å². The van der Waals surface area contributed by atoms with Crippen molar-refractivity contribution in [3.05, 3.63) is 21.9 Å². The molecule has 0 saturated heterocycles. The highest BCUT2D eigenvalue weighted by Gasteiger charge is 2.01. The number of thiophene rings is 1. The summed E-state index contributed by atoms with van der Waals surface area (Å²) in [5.41, 5.74) is 0. The number of nitrogens with one attached hydrogen (secondary N) is 2. The largest absolute Gasteiger partial charge is 0.385 e. The molecule has 2 N–H and O–H groups in total. The van der Waals surface area contributed by atoms with Gasteiger partial charge in [-0.3, -0.25) is 4.99 Å². The Morgan fingerprint density at radius 3 is 2.65 bits per heavy atom. The molecule has 0 saturated carbocycles. The Hall–Kier alpha value is -1.07. The van der Waals surface area contributed by atoms with Gasteiger partial charge < -0.3 is 15.4 Å². The SMILES string of the molecule is CCc1ccc(CNC(=NC)NCCCCCOC)s1. The zero-order valence-corrected chi connectivity index (χ0v) is 13.7. The van der Waals surface area contributed by atoms with Crippen LogP contribution in [0.25, 0.3) is 0 Å². The van der Waals surface area contributed by atoms with E-state index in [2.05, 4.69) is 34.7 Å². The van der Waals surface area contributed by atoms with E-state index in [9.17, 15) is 0 Å². The second-order valence-corrected chi connectivity index (χ2v) is 5.88. The molecule has 0 atom stereocenters. The summed E-state index contributed by atoms with van der Waals surface area (Å²) in [6.45, 7) is 4.83.